The number of fused-ring (bicyclic) bond motifs is 1. The summed E-state index contributed by atoms with van der Waals surface area (Å²) in [6.45, 7) is 7.17. The molecule has 3 aliphatic heterocycles. The molecule has 3 saturated heterocycles. The van der Waals surface area contributed by atoms with Gasteiger partial charge in [-0.25, -0.2) is 0 Å². The molecule has 1 aromatic carbocycles. The number of piperidine rings is 2. The van der Waals surface area contributed by atoms with E-state index in [1.807, 2.05) is 0 Å². The lowest BCUT2D eigenvalue weighted by Crippen LogP contribution is -2.33. The summed E-state index contributed by atoms with van der Waals surface area (Å²) in [6.07, 6.45) is 10.9. The Kier molecular flexibility index (Phi) is 5.94. The molecule has 0 amide bonds. The van der Waals surface area contributed by atoms with Crippen molar-refractivity contribution in [2.24, 2.45) is 0 Å². The first-order valence-corrected chi connectivity index (χ1v) is 10.6. The molecule has 4 rings (SSSR count). The van der Waals surface area contributed by atoms with Gasteiger partial charge in [0.25, 0.3) is 0 Å². The van der Waals surface area contributed by atoms with Gasteiger partial charge in [0.2, 0.25) is 0 Å². The molecule has 3 aliphatic rings. The smallest absolute Gasteiger partial charge is 0.122 e. The summed E-state index contributed by atoms with van der Waals surface area (Å²) in [7, 11) is 0. The first-order valence-electron chi connectivity index (χ1n) is 10.6. The number of likely N-dealkylation sites (tertiary alicyclic amines) is 1. The van der Waals surface area contributed by atoms with Crippen molar-refractivity contribution in [3.63, 3.8) is 0 Å². The fourth-order valence-electron chi connectivity index (χ4n) is 5.08. The minimum absolute atomic E-state index is 0.668. The molecule has 0 spiro atoms. The zero-order valence-electron chi connectivity index (χ0n) is 15.7. The Morgan fingerprint density at radius 2 is 1.80 bits per heavy atom. The van der Waals surface area contributed by atoms with Crippen LogP contribution in [-0.4, -0.2) is 55.2 Å². The Morgan fingerprint density at radius 1 is 0.960 bits per heavy atom. The Hall–Kier alpha value is -1.06. The number of hydrogen-bond acceptors (Lipinski definition) is 3. The summed E-state index contributed by atoms with van der Waals surface area (Å²) in [5, 5.41) is 0. The highest BCUT2D eigenvalue weighted by Gasteiger charge is 2.35. The van der Waals surface area contributed by atoms with Crippen molar-refractivity contribution in [3.8, 4) is 5.75 Å². The van der Waals surface area contributed by atoms with Crippen LogP contribution >= 0.6 is 0 Å². The highest BCUT2D eigenvalue weighted by atomic mass is 16.5. The lowest BCUT2D eigenvalue weighted by atomic mass is 9.93. The van der Waals surface area contributed by atoms with E-state index in [1.165, 1.54) is 83.2 Å². The monoisotopic (exact) mass is 342 g/mol. The molecular weight excluding hydrogens is 308 g/mol. The van der Waals surface area contributed by atoms with Crippen LogP contribution in [0.2, 0.25) is 0 Å². The predicted molar refractivity (Wildman–Crippen MR) is 103 cm³/mol. The fourth-order valence-corrected chi connectivity index (χ4v) is 5.08. The average molecular weight is 343 g/mol. The highest BCUT2D eigenvalue weighted by Crippen LogP contribution is 2.39. The zero-order valence-corrected chi connectivity index (χ0v) is 15.7. The van der Waals surface area contributed by atoms with E-state index in [1.54, 1.807) is 0 Å². The number of nitrogens with zero attached hydrogens (tertiary/aromatic N) is 2. The minimum Gasteiger partial charge on any atom is -0.493 e. The third-order valence-electron chi connectivity index (χ3n) is 6.44. The van der Waals surface area contributed by atoms with Crippen LogP contribution in [0.4, 0.5) is 0 Å². The number of hydrogen-bond donors (Lipinski definition) is 0. The summed E-state index contributed by atoms with van der Waals surface area (Å²) in [5.74, 6) is 1.81. The quantitative estimate of drug-likeness (QED) is 0.718. The van der Waals surface area contributed by atoms with Gasteiger partial charge in [-0.1, -0.05) is 31.0 Å². The van der Waals surface area contributed by atoms with E-state index in [-0.39, 0.29) is 0 Å². The molecule has 3 heterocycles. The predicted octanol–water partition coefficient (Wildman–Crippen LogP) is 4.28. The van der Waals surface area contributed by atoms with Gasteiger partial charge in [0.05, 0.1) is 6.61 Å². The zero-order chi connectivity index (χ0) is 16.9. The van der Waals surface area contributed by atoms with E-state index in [0.717, 1.165) is 24.8 Å². The molecule has 0 unspecified atom stereocenters. The lowest BCUT2D eigenvalue weighted by molar-refractivity contribution is 0.197. The van der Waals surface area contributed by atoms with Crippen LogP contribution in [0.25, 0.3) is 0 Å². The molecule has 0 aromatic heterocycles. The maximum Gasteiger partial charge on any atom is 0.122 e. The molecule has 3 heteroatoms. The SMILES string of the molecule is c1ccc([C@H]2C[C@@H]3CCCCN3C2)c(OCCCN2CCCCC2)c1. The van der Waals surface area contributed by atoms with Crippen molar-refractivity contribution in [3.05, 3.63) is 29.8 Å². The molecule has 0 bridgehead atoms. The third-order valence-corrected chi connectivity index (χ3v) is 6.44. The van der Waals surface area contributed by atoms with Gasteiger partial charge in [0.1, 0.15) is 5.75 Å². The number of rotatable bonds is 6. The summed E-state index contributed by atoms with van der Waals surface area (Å²) < 4.78 is 6.25. The number of para-hydroxylation sites is 1. The third kappa shape index (κ3) is 4.38. The van der Waals surface area contributed by atoms with E-state index in [2.05, 4.69) is 34.1 Å². The topological polar surface area (TPSA) is 15.7 Å². The van der Waals surface area contributed by atoms with Crippen LogP contribution in [0.5, 0.6) is 5.75 Å². The lowest BCUT2D eigenvalue weighted by Gasteiger charge is -2.28. The summed E-state index contributed by atoms with van der Waals surface area (Å²) >= 11 is 0. The molecule has 1 aromatic rings. The average Bonchev–Trinajstić information content (AvgIpc) is 3.10. The van der Waals surface area contributed by atoms with Gasteiger partial charge in [-0.05, 0) is 69.8 Å². The molecule has 0 radical (unpaired) electrons. The van der Waals surface area contributed by atoms with Crippen molar-refractivity contribution in [2.75, 3.05) is 39.3 Å². The fraction of sp³-hybridized carbons (Fsp3) is 0.727. The second-order valence-corrected chi connectivity index (χ2v) is 8.22. The number of benzene rings is 1. The van der Waals surface area contributed by atoms with Crippen molar-refractivity contribution in [1.82, 2.24) is 9.80 Å². The summed E-state index contributed by atoms with van der Waals surface area (Å²) in [5.41, 5.74) is 1.45. The van der Waals surface area contributed by atoms with Crippen molar-refractivity contribution >= 4 is 0 Å². The van der Waals surface area contributed by atoms with Gasteiger partial charge in [0.15, 0.2) is 0 Å². The van der Waals surface area contributed by atoms with E-state index in [9.17, 15) is 0 Å². The van der Waals surface area contributed by atoms with Gasteiger partial charge < -0.3 is 9.64 Å². The Morgan fingerprint density at radius 3 is 2.68 bits per heavy atom. The molecule has 2 atom stereocenters. The normalized spacial score (nSPS) is 28.0. The molecule has 0 saturated carbocycles. The van der Waals surface area contributed by atoms with Crippen LogP contribution in [0.15, 0.2) is 24.3 Å². The Balaban J connectivity index is 1.30. The van der Waals surface area contributed by atoms with Crippen LogP contribution in [-0.2, 0) is 0 Å². The largest absolute Gasteiger partial charge is 0.493 e. The van der Waals surface area contributed by atoms with E-state index in [0.29, 0.717) is 5.92 Å². The standard InChI is InChI=1S/C22H34N2O/c1-5-12-23(13-6-1)14-8-16-25-22-11-3-2-10-21(22)19-17-20-9-4-7-15-24(20)18-19/h2-3,10-11,19-20H,1,4-9,12-18H2/t19-,20-/m0/s1. The van der Waals surface area contributed by atoms with E-state index >= 15 is 0 Å². The molecular formula is C22H34N2O. The van der Waals surface area contributed by atoms with Crippen molar-refractivity contribution in [2.45, 2.75) is 63.3 Å². The van der Waals surface area contributed by atoms with E-state index in [4.69, 9.17) is 4.74 Å². The van der Waals surface area contributed by atoms with Crippen LogP contribution in [0, 0.1) is 0 Å². The molecule has 3 fully saturated rings. The second kappa shape index (κ2) is 8.55. The van der Waals surface area contributed by atoms with Gasteiger partial charge in [-0.3, -0.25) is 4.90 Å². The van der Waals surface area contributed by atoms with Crippen LogP contribution in [0.3, 0.4) is 0 Å². The molecule has 138 valence electrons. The molecule has 3 nitrogen and oxygen atoms in total. The molecule has 0 aliphatic carbocycles. The Bertz CT molecular complexity index is 527. The maximum atomic E-state index is 6.25. The van der Waals surface area contributed by atoms with Crippen LogP contribution in [0.1, 0.15) is 62.8 Å². The first kappa shape index (κ1) is 17.4. The minimum atomic E-state index is 0.668. The van der Waals surface area contributed by atoms with Gasteiger partial charge in [0, 0.05) is 25.0 Å². The van der Waals surface area contributed by atoms with Gasteiger partial charge >= 0.3 is 0 Å². The maximum absolute atomic E-state index is 6.25. The molecule has 0 N–H and O–H groups in total. The van der Waals surface area contributed by atoms with Crippen LogP contribution < -0.4 is 4.74 Å². The van der Waals surface area contributed by atoms with Crippen molar-refractivity contribution in [1.29, 1.82) is 0 Å². The first-order chi connectivity index (χ1) is 12.4. The number of ether oxygens (including phenoxy) is 1. The van der Waals surface area contributed by atoms with E-state index < -0.39 is 0 Å². The summed E-state index contributed by atoms with van der Waals surface area (Å²) in [4.78, 5) is 5.33. The second-order valence-electron chi connectivity index (χ2n) is 8.22. The van der Waals surface area contributed by atoms with Gasteiger partial charge in [-0.2, -0.15) is 0 Å². The summed E-state index contributed by atoms with van der Waals surface area (Å²) in [6, 6.07) is 9.64. The van der Waals surface area contributed by atoms with Crippen molar-refractivity contribution < 1.29 is 4.74 Å². The van der Waals surface area contributed by atoms with Gasteiger partial charge in [-0.15, -0.1) is 0 Å². The highest BCUT2D eigenvalue weighted by molar-refractivity contribution is 5.37. The Labute approximate surface area is 153 Å². The molecule has 25 heavy (non-hydrogen) atoms.